The highest BCUT2D eigenvalue weighted by atomic mass is 79.9. The molecular weight excluding hydrogens is 408 g/mol. The number of carbonyl (C=O) groups is 3. The van der Waals surface area contributed by atoms with Crippen LogP contribution in [-0.2, 0) is 25.7 Å². The summed E-state index contributed by atoms with van der Waals surface area (Å²) in [5.41, 5.74) is 0.772. The molecule has 9 heteroatoms. The van der Waals surface area contributed by atoms with E-state index in [0.717, 1.165) is 5.56 Å². The van der Waals surface area contributed by atoms with Gasteiger partial charge in [0.2, 0.25) is 5.91 Å². The summed E-state index contributed by atoms with van der Waals surface area (Å²) in [5.74, 6) is -1.43. The van der Waals surface area contributed by atoms with Gasteiger partial charge in [0.1, 0.15) is 18.7 Å². The molecule has 0 saturated carbocycles. The molecule has 0 spiro atoms. The van der Waals surface area contributed by atoms with Crippen molar-refractivity contribution in [1.82, 2.24) is 10.6 Å². The Morgan fingerprint density at radius 2 is 1.85 bits per heavy atom. The molecule has 1 aromatic rings. The molecular formula is C17H21BrN2O6. The Morgan fingerprint density at radius 3 is 2.38 bits per heavy atom. The zero-order valence-corrected chi connectivity index (χ0v) is 15.8. The van der Waals surface area contributed by atoms with Crippen LogP contribution in [0.3, 0.4) is 0 Å². The summed E-state index contributed by atoms with van der Waals surface area (Å²) in [6.45, 7) is 2.95. The first kappa shape index (κ1) is 21.7. The number of alkyl carbamates (subject to hydrolysis) is 1. The maximum atomic E-state index is 12.2. The van der Waals surface area contributed by atoms with Crippen LogP contribution in [0.5, 0.6) is 0 Å². The summed E-state index contributed by atoms with van der Waals surface area (Å²) in [6, 6.07) is 6.69. The molecule has 142 valence electrons. The Labute approximate surface area is 159 Å². The van der Waals surface area contributed by atoms with Gasteiger partial charge in [0.15, 0.2) is 0 Å². The number of benzene rings is 1. The number of methoxy groups -OCH3 is 1. The van der Waals surface area contributed by atoms with Crippen LogP contribution in [-0.4, -0.2) is 48.9 Å². The molecule has 0 aliphatic carbocycles. The number of hydrogen-bond acceptors (Lipinski definition) is 6. The maximum absolute atomic E-state index is 12.2. The van der Waals surface area contributed by atoms with Crippen molar-refractivity contribution in [3.8, 4) is 0 Å². The maximum Gasteiger partial charge on any atom is 0.408 e. The number of aliphatic hydroxyl groups excluding tert-OH is 1. The molecule has 0 aliphatic rings. The third kappa shape index (κ3) is 7.66. The van der Waals surface area contributed by atoms with E-state index in [1.54, 1.807) is 24.3 Å². The van der Waals surface area contributed by atoms with Gasteiger partial charge in [-0.25, -0.2) is 9.59 Å². The van der Waals surface area contributed by atoms with Crippen LogP contribution in [0.4, 0.5) is 4.79 Å². The lowest BCUT2D eigenvalue weighted by molar-refractivity contribution is -0.145. The second kappa shape index (κ2) is 11.3. The van der Waals surface area contributed by atoms with Gasteiger partial charge in [-0.15, -0.1) is 0 Å². The number of nitrogens with one attached hydrogen (secondary N) is 2. The molecule has 0 bridgehead atoms. The summed E-state index contributed by atoms with van der Waals surface area (Å²) in [6.07, 6.45) is -0.780. The highest BCUT2D eigenvalue weighted by Crippen LogP contribution is 2.11. The van der Waals surface area contributed by atoms with E-state index in [-0.39, 0.29) is 13.0 Å². The Bertz CT molecular complexity index is 637. The highest BCUT2D eigenvalue weighted by molar-refractivity contribution is 9.11. The van der Waals surface area contributed by atoms with Crippen molar-refractivity contribution in [2.45, 2.75) is 25.1 Å². The number of hydrogen-bond donors (Lipinski definition) is 3. The fraction of sp³-hybridized carbons (Fsp3) is 0.353. The van der Waals surface area contributed by atoms with Crippen LogP contribution < -0.4 is 10.6 Å². The summed E-state index contributed by atoms with van der Waals surface area (Å²) in [5, 5.41) is 14.0. The van der Waals surface area contributed by atoms with Gasteiger partial charge in [0.25, 0.3) is 0 Å². The largest absolute Gasteiger partial charge is 0.467 e. The number of esters is 1. The normalized spacial score (nSPS) is 12.4. The van der Waals surface area contributed by atoms with Crippen molar-refractivity contribution in [1.29, 1.82) is 0 Å². The Kier molecular flexibility index (Phi) is 9.38. The van der Waals surface area contributed by atoms with Crippen LogP contribution >= 0.6 is 15.9 Å². The summed E-state index contributed by atoms with van der Waals surface area (Å²) >= 11 is 3.11. The third-order valence-corrected chi connectivity index (χ3v) is 3.56. The van der Waals surface area contributed by atoms with E-state index in [1.165, 1.54) is 7.11 Å². The highest BCUT2D eigenvalue weighted by Gasteiger charge is 2.27. The van der Waals surface area contributed by atoms with Crippen LogP contribution in [0.15, 0.2) is 41.4 Å². The second-order valence-corrected chi connectivity index (χ2v) is 6.37. The van der Waals surface area contributed by atoms with E-state index in [4.69, 9.17) is 4.74 Å². The number of aliphatic hydroxyl groups is 1. The average molecular weight is 429 g/mol. The first-order valence-corrected chi connectivity index (χ1v) is 8.46. The van der Waals surface area contributed by atoms with Crippen LogP contribution in [0, 0.1) is 0 Å². The Balaban J connectivity index is 2.59. The van der Waals surface area contributed by atoms with E-state index in [2.05, 4.69) is 37.9 Å². The van der Waals surface area contributed by atoms with Crippen molar-refractivity contribution in [3.05, 3.63) is 47.0 Å². The molecule has 2 atom stereocenters. The van der Waals surface area contributed by atoms with E-state index >= 15 is 0 Å². The molecule has 0 unspecified atom stereocenters. The molecule has 0 saturated heterocycles. The number of carbonyl (C=O) groups excluding carboxylic acids is 3. The van der Waals surface area contributed by atoms with Crippen LogP contribution in [0.2, 0.25) is 0 Å². The van der Waals surface area contributed by atoms with Gasteiger partial charge in [-0.3, -0.25) is 4.79 Å². The van der Waals surface area contributed by atoms with Crippen LogP contribution in [0.25, 0.3) is 0 Å². The van der Waals surface area contributed by atoms with E-state index in [1.807, 2.05) is 6.07 Å². The van der Waals surface area contributed by atoms with Gasteiger partial charge in [-0.1, -0.05) is 52.8 Å². The average Bonchev–Trinajstić information content (AvgIpc) is 2.63. The number of amides is 2. The lowest BCUT2D eigenvalue weighted by Gasteiger charge is -2.20. The molecule has 0 aromatic heterocycles. The minimum atomic E-state index is -1.28. The van der Waals surface area contributed by atoms with Gasteiger partial charge >= 0.3 is 12.1 Å². The van der Waals surface area contributed by atoms with Gasteiger partial charge in [-0.05, 0) is 10.0 Å². The molecule has 0 fully saturated rings. The Morgan fingerprint density at radius 1 is 1.19 bits per heavy atom. The molecule has 0 aliphatic heterocycles. The van der Waals surface area contributed by atoms with Crippen molar-refractivity contribution < 1.29 is 29.0 Å². The minimum Gasteiger partial charge on any atom is -0.467 e. The summed E-state index contributed by atoms with van der Waals surface area (Å²) in [4.78, 5) is 35.7. The quantitative estimate of drug-likeness (QED) is 0.509. The lowest BCUT2D eigenvalue weighted by atomic mass is 10.2. The van der Waals surface area contributed by atoms with Gasteiger partial charge in [0.05, 0.1) is 13.7 Å². The first-order valence-electron chi connectivity index (χ1n) is 7.67. The molecule has 1 aromatic carbocycles. The second-order valence-electron chi connectivity index (χ2n) is 5.25. The molecule has 1 rings (SSSR count). The van der Waals surface area contributed by atoms with E-state index in [0.29, 0.717) is 4.48 Å². The molecule has 8 nitrogen and oxygen atoms in total. The predicted molar refractivity (Wildman–Crippen MR) is 97.3 cm³/mol. The monoisotopic (exact) mass is 428 g/mol. The van der Waals surface area contributed by atoms with Gasteiger partial charge in [-0.2, -0.15) is 0 Å². The fourth-order valence-corrected chi connectivity index (χ4v) is 2.25. The number of halogens is 1. The minimum absolute atomic E-state index is 0.0145. The van der Waals surface area contributed by atoms with Crippen molar-refractivity contribution in [2.75, 3.05) is 13.7 Å². The molecule has 0 heterocycles. The van der Waals surface area contributed by atoms with Crippen molar-refractivity contribution in [3.63, 3.8) is 0 Å². The molecule has 0 radical (unpaired) electrons. The SMILES string of the molecule is C=C(Br)C[C@@H](NC(=O)[C@H](CO)NC(=O)OCc1ccccc1)C(=O)OC. The van der Waals surface area contributed by atoms with Crippen molar-refractivity contribution >= 4 is 33.9 Å². The summed E-state index contributed by atoms with van der Waals surface area (Å²) in [7, 11) is 1.18. The lowest BCUT2D eigenvalue weighted by Crippen LogP contribution is -2.53. The smallest absolute Gasteiger partial charge is 0.408 e. The topological polar surface area (TPSA) is 114 Å². The predicted octanol–water partition coefficient (Wildman–Crippen LogP) is 1.23. The fourth-order valence-electron chi connectivity index (χ4n) is 1.93. The first-order chi connectivity index (χ1) is 12.4. The zero-order valence-electron chi connectivity index (χ0n) is 14.2. The summed E-state index contributed by atoms with van der Waals surface area (Å²) < 4.78 is 10.1. The van der Waals surface area contributed by atoms with E-state index in [9.17, 15) is 19.5 Å². The zero-order chi connectivity index (χ0) is 19.5. The van der Waals surface area contributed by atoms with Gasteiger partial charge in [0, 0.05) is 6.42 Å². The van der Waals surface area contributed by atoms with Crippen molar-refractivity contribution in [2.24, 2.45) is 0 Å². The number of ether oxygens (including phenoxy) is 2. The van der Waals surface area contributed by atoms with Gasteiger partial charge < -0.3 is 25.2 Å². The van der Waals surface area contributed by atoms with Crippen LogP contribution in [0.1, 0.15) is 12.0 Å². The molecule has 26 heavy (non-hydrogen) atoms. The standard InChI is InChI=1S/C17H21BrN2O6/c1-11(18)8-13(16(23)25-2)19-15(22)14(9-21)20-17(24)26-10-12-6-4-3-5-7-12/h3-7,13-14,21H,1,8-10H2,2H3,(H,19,22)(H,20,24)/t13-,14+/m1/s1. The third-order valence-electron chi connectivity index (χ3n) is 3.23. The molecule has 2 amide bonds. The molecule has 3 N–H and O–H groups in total. The Hall–Kier alpha value is -2.39. The number of rotatable bonds is 9. The van der Waals surface area contributed by atoms with E-state index < -0.39 is 36.7 Å².